The van der Waals surface area contributed by atoms with Crippen LogP contribution in [0.1, 0.15) is 42.0 Å². The van der Waals surface area contributed by atoms with Crippen LogP contribution in [0.25, 0.3) is 0 Å². The Morgan fingerprint density at radius 1 is 1.23 bits per heavy atom. The number of amides is 1. The normalized spacial score (nSPS) is 19.6. The van der Waals surface area contributed by atoms with Crippen LogP contribution >= 0.6 is 0 Å². The van der Waals surface area contributed by atoms with Crippen LogP contribution in [-0.2, 0) is 11.2 Å². The molecule has 1 N–H and O–H groups in total. The first kappa shape index (κ1) is 16.9. The summed E-state index contributed by atoms with van der Waals surface area (Å²) in [5.74, 6) is 0.977. The van der Waals surface area contributed by atoms with Gasteiger partial charge in [0.25, 0.3) is 0 Å². The second-order valence-corrected chi connectivity index (χ2v) is 7.34. The summed E-state index contributed by atoms with van der Waals surface area (Å²) in [4.78, 5) is 14.4. The zero-order valence-electron chi connectivity index (χ0n) is 14.9. The summed E-state index contributed by atoms with van der Waals surface area (Å²) in [6, 6.07) is 9.20. The number of benzene rings is 1. The molecule has 1 aromatic carbocycles. The van der Waals surface area contributed by atoms with E-state index in [0.717, 1.165) is 55.0 Å². The van der Waals surface area contributed by atoms with Crippen molar-refractivity contribution in [1.29, 1.82) is 0 Å². The second-order valence-electron chi connectivity index (χ2n) is 7.34. The fraction of sp³-hybridized carbons (Fsp3) is 0.450. The molecule has 2 aromatic rings. The zero-order valence-corrected chi connectivity index (χ0v) is 14.9. The minimum atomic E-state index is -0.178. The molecule has 1 aliphatic heterocycles. The van der Waals surface area contributed by atoms with Crippen molar-refractivity contribution in [2.24, 2.45) is 0 Å². The SMILES string of the molecule is Cc1ccc(N2CC[C@@H](NC(=O)Cc3ccc(C4CC4)c(F)c3)C2)nn1. The van der Waals surface area contributed by atoms with Crippen molar-refractivity contribution in [1.82, 2.24) is 15.5 Å². The van der Waals surface area contributed by atoms with Gasteiger partial charge in [-0.05, 0) is 61.4 Å². The second kappa shape index (κ2) is 7.02. The van der Waals surface area contributed by atoms with Crippen molar-refractivity contribution in [2.75, 3.05) is 18.0 Å². The Balaban J connectivity index is 1.31. The van der Waals surface area contributed by atoms with Gasteiger partial charge in [0.15, 0.2) is 5.82 Å². The highest BCUT2D eigenvalue weighted by Crippen LogP contribution is 2.41. The van der Waals surface area contributed by atoms with Crippen molar-refractivity contribution < 1.29 is 9.18 Å². The van der Waals surface area contributed by atoms with Gasteiger partial charge in [0, 0.05) is 19.1 Å². The van der Waals surface area contributed by atoms with Gasteiger partial charge in [0.05, 0.1) is 12.1 Å². The van der Waals surface area contributed by atoms with E-state index in [1.54, 1.807) is 0 Å². The minimum absolute atomic E-state index is 0.0644. The van der Waals surface area contributed by atoms with E-state index in [2.05, 4.69) is 20.4 Å². The lowest BCUT2D eigenvalue weighted by atomic mass is 10.0. The molecule has 1 amide bonds. The molecule has 2 heterocycles. The lowest BCUT2D eigenvalue weighted by Gasteiger charge is -2.17. The van der Waals surface area contributed by atoms with Gasteiger partial charge in [0.1, 0.15) is 5.82 Å². The predicted molar refractivity (Wildman–Crippen MR) is 97.6 cm³/mol. The van der Waals surface area contributed by atoms with Crippen LogP contribution in [0.3, 0.4) is 0 Å². The molecule has 0 unspecified atom stereocenters. The van der Waals surface area contributed by atoms with E-state index >= 15 is 0 Å². The molecule has 1 saturated heterocycles. The summed E-state index contributed by atoms with van der Waals surface area (Å²) in [6.07, 6.45) is 3.22. The number of carbonyl (C=O) groups excluding carboxylic acids is 1. The van der Waals surface area contributed by atoms with E-state index < -0.39 is 0 Å². The van der Waals surface area contributed by atoms with Gasteiger partial charge in [-0.15, -0.1) is 5.10 Å². The van der Waals surface area contributed by atoms with Crippen molar-refractivity contribution in [2.45, 2.75) is 44.6 Å². The molecular formula is C20H23FN4O. The Labute approximate surface area is 152 Å². The summed E-state index contributed by atoms with van der Waals surface area (Å²) < 4.78 is 14.1. The standard InChI is InChI=1S/C20H23FN4O/c1-13-2-7-19(24-23-13)25-9-8-16(12-25)22-20(26)11-14-3-6-17(15-4-5-15)18(21)10-14/h2-3,6-7,10,15-16H,4-5,8-9,11-12H2,1H3,(H,22,26)/t16-/m1/s1. The number of hydrogen-bond donors (Lipinski definition) is 1. The maximum Gasteiger partial charge on any atom is 0.224 e. The molecule has 5 nitrogen and oxygen atoms in total. The van der Waals surface area contributed by atoms with Gasteiger partial charge in [-0.1, -0.05) is 12.1 Å². The Hall–Kier alpha value is -2.50. The molecule has 4 rings (SSSR count). The molecule has 136 valence electrons. The van der Waals surface area contributed by atoms with Crippen LogP contribution in [-0.4, -0.2) is 35.2 Å². The van der Waals surface area contributed by atoms with Gasteiger partial charge < -0.3 is 10.2 Å². The molecule has 0 bridgehead atoms. The lowest BCUT2D eigenvalue weighted by Crippen LogP contribution is -2.38. The summed E-state index contributed by atoms with van der Waals surface area (Å²) in [7, 11) is 0. The number of aromatic nitrogens is 2. The third kappa shape index (κ3) is 3.84. The van der Waals surface area contributed by atoms with Gasteiger partial charge >= 0.3 is 0 Å². The number of rotatable bonds is 5. The maximum atomic E-state index is 14.1. The monoisotopic (exact) mass is 354 g/mol. The number of aryl methyl sites for hydroxylation is 1. The third-order valence-electron chi connectivity index (χ3n) is 5.11. The fourth-order valence-corrected chi connectivity index (χ4v) is 3.52. The fourth-order valence-electron chi connectivity index (χ4n) is 3.52. The average molecular weight is 354 g/mol. The Morgan fingerprint density at radius 3 is 2.77 bits per heavy atom. The Kier molecular flexibility index (Phi) is 4.57. The quantitative estimate of drug-likeness (QED) is 0.897. The molecule has 0 spiro atoms. The van der Waals surface area contributed by atoms with Crippen LogP contribution in [0.5, 0.6) is 0 Å². The number of carbonyl (C=O) groups is 1. The molecule has 26 heavy (non-hydrogen) atoms. The number of anilines is 1. The summed E-state index contributed by atoms with van der Waals surface area (Å²) in [5, 5.41) is 11.3. The minimum Gasteiger partial charge on any atom is -0.353 e. The van der Waals surface area contributed by atoms with E-state index in [4.69, 9.17) is 0 Å². The molecule has 1 saturated carbocycles. The van der Waals surface area contributed by atoms with Gasteiger partial charge in [-0.3, -0.25) is 4.79 Å². The lowest BCUT2D eigenvalue weighted by molar-refractivity contribution is -0.121. The molecule has 1 aromatic heterocycles. The van der Waals surface area contributed by atoms with Crippen molar-refractivity contribution in [3.8, 4) is 0 Å². The van der Waals surface area contributed by atoms with Crippen LogP contribution in [0, 0.1) is 12.7 Å². The molecule has 2 aliphatic rings. The van der Waals surface area contributed by atoms with Crippen LogP contribution in [0.4, 0.5) is 10.2 Å². The van der Waals surface area contributed by atoms with Crippen LogP contribution in [0.15, 0.2) is 30.3 Å². The third-order valence-corrected chi connectivity index (χ3v) is 5.11. The summed E-state index contributed by atoms with van der Waals surface area (Å²) >= 11 is 0. The van der Waals surface area contributed by atoms with E-state index in [9.17, 15) is 9.18 Å². The first-order valence-electron chi connectivity index (χ1n) is 9.21. The Morgan fingerprint density at radius 2 is 2.08 bits per heavy atom. The summed E-state index contributed by atoms with van der Waals surface area (Å²) in [6.45, 7) is 3.47. The highest BCUT2D eigenvalue weighted by molar-refractivity contribution is 5.79. The number of hydrogen-bond acceptors (Lipinski definition) is 4. The van der Waals surface area contributed by atoms with Crippen molar-refractivity contribution in [3.05, 3.63) is 53.0 Å². The number of halogens is 1. The number of nitrogens with zero attached hydrogens (tertiary/aromatic N) is 3. The summed E-state index contributed by atoms with van der Waals surface area (Å²) in [5.41, 5.74) is 2.40. The molecule has 1 aliphatic carbocycles. The number of nitrogens with one attached hydrogen (secondary N) is 1. The first-order valence-corrected chi connectivity index (χ1v) is 9.21. The van der Waals surface area contributed by atoms with Crippen molar-refractivity contribution in [3.63, 3.8) is 0 Å². The van der Waals surface area contributed by atoms with Gasteiger partial charge in [0.2, 0.25) is 5.91 Å². The van der Waals surface area contributed by atoms with E-state index in [-0.39, 0.29) is 24.2 Å². The average Bonchev–Trinajstić information content (AvgIpc) is 3.35. The molecular weight excluding hydrogens is 331 g/mol. The van der Waals surface area contributed by atoms with Gasteiger partial charge in [-0.2, -0.15) is 5.10 Å². The van der Waals surface area contributed by atoms with Crippen LogP contribution < -0.4 is 10.2 Å². The van der Waals surface area contributed by atoms with Gasteiger partial charge in [-0.25, -0.2) is 4.39 Å². The highest BCUT2D eigenvalue weighted by Gasteiger charge is 2.27. The molecule has 6 heteroatoms. The van der Waals surface area contributed by atoms with E-state index in [1.807, 2.05) is 31.2 Å². The maximum absolute atomic E-state index is 14.1. The van der Waals surface area contributed by atoms with E-state index in [1.165, 1.54) is 6.07 Å². The smallest absolute Gasteiger partial charge is 0.224 e. The predicted octanol–water partition coefficient (Wildman–Crippen LogP) is 2.74. The topological polar surface area (TPSA) is 58.1 Å². The molecule has 0 radical (unpaired) electrons. The Bertz CT molecular complexity index is 804. The van der Waals surface area contributed by atoms with E-state index in [0.29, 0.717) is 5.92 Å². The van der Waals surface area contributed by atoms with Crippen LogP contribution in [0.2, 0.25) is 0 Å². The largest absolute Gasteiger partial charge is 0.353 e. The first-order chi connectivity index (χ1) is 12.6. The van der Waals surface area contributed by atoms with Crippen molar-refractivity contribution >= 4 is 11.7 Å². The highest BCUT2D eigenvalue weighted by atomic mass is 19.1. The zero-order chi connectivity index (χ0) is 18.1. The molecule has 1 atom stereocenters. The molecule has 2 fully saturated rings.